The molecule has 0 saturated carbocycles. The number of aryl methyl sites for hydroxylation is 1. The third-order valence-electron chi connectivity index (χ3n) is 1.97. The molecule has 0 fully saturated rings. The van der Waals surface area contributed by atoms with Crippen molar-refractivity contribution in [1.82, 2.24) is 4.72 Å². The summed E-state index contributed by atoms with van der Waals surface area (Å²) in [6.45, 7) is 5.19. The van der Waals surface area contributed by atoms with E-state index >= 15 is 0 Å². The lowest BCUT2D eigenvalue weighted by Crippen LogP contribution is -2.30. The van der Waals surface area contributed by atoms with Gasteiger partial charge in [0.1, 0.15) is 0 Å². The molecule has 0 radical (unpaired) electrons. The molecular weight excluding hydrogens is 248 g/mol. The topological polar surface area (TPSA) is 72.2 Å². The number of sulfonamides is 1. The zero-order valence-electron chi connectivity index (χ0n) is 9.41. The largest absolute Gasteiger partial charge is 0.397 e. The van der Waals surface area contributed by atoms with E-state index in [0.717, 1.165) is 0 Å². The molecule has 1 aromatic carbocycles. The molecule has 0 bridgehead atoms. The summed E-state index contributed by atoms with van der Waals surface area (Å²) in [6, 6.07) is 2.76. The molecule has 1 aromatic rings. The molecule has 3 N–H and O–H groups in total. The van der Waals surface area contributed by atoms with Crippen LogP contribution in [0.4, 0.5) is 5.69 Å². The van der Waals surface area contributed by atoms with E-state index in [-0.39, 0.29) is 16.6 Å². The number of nitrogens with two attached hydrogens (primary N) is 1. The first-order chi connectivity index (χ1) is 7.24. The lowest BCUT2D eigenvalue weighted by molar-refractivity contribution is 0.569. The van der Waals surface area contributed by atoms with E-state index in [2.05, 4.69) is 4.72 Å². The van der Waals surface area contributed by atoms with Gasteiger partial charge in [0.2, 0.25) is 10.0 Å². The van der Waals surface area contributed by atoms with E-state index in [0.29, 0.717) is 10.6 Å². The molecule has 0 unspecified atom stereocenters. The fourth-order valence-electron chi connectivity index (χ4n) is 1.33. The van der Waals surface area contributed by atoms with Gasteiger partial charge in [0.15, 0.2) is 0 Å². The Hall–Kier alpha value is -0.780. The van der Waals surface area contributed by atoms with Gasteiger partial charge >= 0.3 is 0 Å². The number of benzene rings is 1. The van der Waals surface area contributed by atoms with Gasteiger partial charge in [-0.1, -0.05) is 11.6 Å². The summed E-state index contributed by atoms with van der Waals surface area (Å²) in [7, 11) is -3.52. The third kappa shape index (κ3) is 2.87. The van der Waals surface area contributed by atoms with Crippen molar-refractivity contribution < 1.29 is 8.42 Å². The van der Waals surface area contributed by atoms with Crippen LogP contribution in [-0.2, 0) is 10.0 Å². The Bertz CT molecular complexity index is 498. The van der Waals surface area contributed by atoms with E-state index in [1.807, 2.05) is 0 Å². The molecule has 0 heterocycles. The predicted molar refractivity (Wildman–Crippen MR) is 66.1 cm³/mol. The summed E-state index contributed by atoms with van der Waals surface area (Å²) in [5, 5.41) is 0.362. The van der Waals surface area contributed by atoms with Gasteiger partial charge in [-0.2, -0.15) is 0 Å². The molecule has 6 heteroatoms. The quantitative estimate of drug-likeness (QED) is 0.818. The smallest absolute Gasteiger partial charge is 0.241 e. The van der Waals surface area contributed by atoms with Gasteiger partial charge in [-0.25, -0.2) is 13.1 Å². The average molecular weight is 263 g/mol. The summed E-state index contributed by atoms with van der Waals surface area (Å²) in [5.41, 5.74) is 6.43. The maximum Gasteiger partial charge on any atom is 0.241 e. The van der Waals surface area contributed by atoms with E-state index in [1.54, 1.807) is 26.8 Å². The SMILES string of the molecule is Cc1cc(Cl)c(N)cc1S(=O)(=O)NC(C)C. The minimum Gasteiger partial charge on any atom is -0.397 e. The average Bonchev–Trinajstić information content (AvgIpc) is 2.08. The number of halogens is 1. The lowest BCUT2D eigenvalue weighted by Gasteiger charge is -2.12. The summed E-state index contributed by atoms with van der Waals surface area (Å²) < 4.78 is 26.3. The second-order valence-electron chi connectivity index (χ2n) is 3.92. The van der Waals surface area contributed by atoms with Crippen molar-refractivity contribution >= 4 is 27.3 Å². The Morgan fingerprint density at radius 3 is 2.44 bits per heavy atom. The fourth-order valence-corrected chi connectivity index (χ4v) is 3.06. The van der Waals surface area contributed by atoms with Crippen LogP contribution < -0.4 is 10.5 Å². The van der Waals surface area contributed by atoms with Crippen LogP contribution in [0.25, 0.3) is 0 Å². The number of rotatable bonds is 3. The normalized spacial score (nSPS) is 12.1. The molecule has 0 aliphatic rings. The maximum atomic E-state index is 11.9. The van der Waals surface area contributed by atoms with Crippen LogP contribution in [0.2, 0.25) is 5.02 Å². The van der Waals surface area contributed by atoms with Crippen LogP contribution in [0, 0.1) is 6.92 Å². The summed E-state index contributed by atoms with van der Waals surface area (Å²) in [6.07, 6.45) is 0. The highest BCUT2D eigenvalue weighted by atomic mass is 35.5. The van der Waals surface area contributed by atoms with E-state index in [4.69, 9.17) is 17.3 Å². The first kappa shape index (κ1) is 13.3. The van der Waals surface area contributed by atoms with Crippen molar-refractivity contribution in [3.05, 3.63) is 22.7 Å². The molecule has 0 atom stereocenters. The van der Waals surface area contributed by atoms with Crippen LogP contribution in [-0.4, -0.2) is 14.5 Å². The van der Waals surface area contributed by atoms with E-state index < -0.39 is 10.0 Å². The Kier molecular flexibility index (Phi) is 3.83. The standard InChI is InChI=1S/C10H15ClN2O2S/c1-6(2)13-16(14,15)10-5-9(12)8(11)4-7(10)3/h4-6,13H,12H2,1-3H3. The van der Waals surface area contributed by atoms with Crippen molar-refractivity contribution in [2.75, 3.05) is 5.73 Å². The lowest BCUT2D eigenvalue weighted by atomic mass is 10.2. The number of nitrogen functional groups attached to an aromatic ring is 1. The Morgan fingerprint density at radius 1 is 1.38 bits per heavy atom. The second-order valence-corrected chi connectivity index (χ2v) is 6.00. The number of hydrogen-bond acceptors (Lipinski definition) is 3. The second kappa shape index (κ2) is 4.61. The molecular formula is C10H15ClN2O2S. The van der Waals surface area contributed by atoms with Crippen LogP contribution in [0.15, 0.2) is 17.0 Å². The maximum absolute atomic E-state index is 11.9. The van der Waals surface area contributed by atoms with Gasteiger partial charge in [-0.3, -0.25) is 0 Å². The van der Waals surface area contributed by atoms with Gasteiger partial charge in [0.05, 0.1) is 15.6 Å². The number of nitrogens with one attached hydrogen (secondary N) is 1. The molecule has 0 saturated heterocycles. The third-order valence-corrected chi connectivity index (χ3v) is 4.10. The molecule has 4 nitrogen and oxygen atoms in total. The minimum absolute atomic E-state index is 0.165. The van der Waals surface area contributed by atoms with Gasteiger partial charge < -0.3 is 5.73 Å². The van der Waals surface area contributed by atoms with Crippen LogP contribution in [0.5, 0.6) is 0 Å². The molecule has 1 rings (SSSR count). The van der Waals surface area contributed by atoms with Crippen molar-refractivity contribution in [3.8, 4) is 0 Å². The molecule has 90 valence electrons. The van der Waals surface area contributed by atoms with Gasteiger partial charge in [-0.15, -0.1) is 0 Å². The minimum atomic E-state index is -3.52. The fraction of sp³-hybridized carbons (Fsp3) is 0.400. The van der Waals surface area contributed by atoms with Gasteiger partial charge in [0.25, 0.3) is 0 Å². The molecule has 0 amide bonds. The van der Waals surface area contributed by atoms with Crippen molar-refractivity contribution in [3.63, 3.8) is 0 Å². The summed E-state index contributed by atoms with van der Waals surface area (Å²) >= 11 is 5.80. The van der Waals surface area contributed by atoms with Crippen LogP contribution in [0.3, 0.4) is 0 Å². The van der Waals surface area contributed by atoms with Crippen molar-refractivity contribution in [2.24, 2.45) is 0 Å². The molecule has 0 aliphatic carbocycles. The van der Waals surface area contributed by atoms with Crippen LogP contribution in [0.1, 0.15) is 19.4 Å². The molecule has 0 aliphatic heterocycles. The summed E-state index contributed by atoms with van der Waals surface area (Å²) in [4.78, 5) is 0.170. The van der Waals surface area contributed by atoms with Crippen molar-refractivity contribution in [2.45, 2.75) is 31.7 Å². The first-order valence-corrected chi connectivity index (χ1v) is 6.68. The van der Waals surface area contributed by atoms with Gasteiger partial charge in [0, 0.05) is 6.04 Å². The monoisotopic (exact) mass is 262 g/mol. The summed E-state index contributed by atoms with van der Waals surface area (Å²) in [5.74, 6) is 0. The highest BCUT2D eigenvalue weighted by Gasteiger charge is 2.19. The van der Waals surface area contributed by atoms with Crippen LogP contribution >= 0.6 is 11.6 Å². The number of anilines is 1. The van der Waals surface area contributed by atoms with E-state index in [9.17, 15) is 8.42 Å². The zero-order valence-corrected chi connectivity index (χ0v) is 11.0. The van der Waals surface area contributed by atoms with Crippen molar-refractivity contribution in [1.29, 1.82) is 0 Å². The molecule has 16 heavy (non-hydrogen) atoms. The Morgan fingerprint density at radius 2 is 1.94 bits per heavy atom. The molecule has 0 spiro atoms. The highest BCUT2D eigenvalue weighted by Crippen LogP contribution is 2.26. The Labute approximate surface area is 101 Å². The first-order valence-electron chi connectivity index (χ1n) is 4.82. The Balaban J connectivity index is 3.29. The molecule has 0 aromatic heterocycles. The predicted octanol–water partition coefficient (Wildman–Crippen LogP) is 1.92. The van der Waals surface area contributed by atoms with Gasteiger partial charge in [-0.05, 0) is 38.5 Å². The zero-order chi connectivity index (χ0) is 12.5. The highest BCUT2D eigenvalue weighted by molar-refractivity contribution is 7.89. The van der Waals surface area contributed by atoms with E-state index in [1.165, 1.54) is 6.07 Å². The number of hydrogen-bond donors (Lipinski definition) is 2.